The van der Waals surface area contributed by atoms with Crippen LogP contribution >= 0.6 is 11.6 Å². The zero-order chi connectivity index (χ0) is 25.1. The zero-order valence-electron chi connectivity index (χ0n) is 19.6. The maximum Gasteiger partial charge on any atom is 0.411 e. The molecule has 0 bridgehead atoms. The van der Waals surface area contributed by atoms with Crippen LogP contribution in [-0.2, 0) is 25.7 Å². The fourth-order valence-corrected chi connectivity index (χ4v) is 4.66. The molecule has 184 valence electrons. The van der Waals surface area contributed by atoms with Crippen molar-refractivity contribution in [1.29, 1.82) is 0 Å². The second kappa shape index (κ2) is 10.4. The Morgan fingerprint density at radius 2 is 1.69 bits per heavy atom. The summed E-state index contributed by atoms with van der Waals surface area (Å²) in [5, 5.41) is 3.25. The smallest absolute Gasteiger partial charge is 0.411 e. The number of cyclic esters (lactones) is 1. The third-order valence-electron chi connectivity index (χ3n) is 6.15. The van der Waals surface area contributed by atoms with Gasteiger partial charge in [-0.15, -0.1) is 0 Å². The molecule has 2 heterocycles. The van der Waals surface area contributed by atoms with Gasteiger partial charge in [-0.05, 0) is 35.4 Å². The molecule has 0 spiro atoms. The third kappa shape index (κ3) is 5.57. The Labute approximate surface area is 208 Å². The van der Waals surface area contributed by atoms with Gasteiger partial charge in [0.1, 0.15) is 0 Å². The van der Waals surface area contributed by atoms with Crippen LogP contribution in [0.25, 0.3) is 0 Å². The molecule has 4 amide bonds. The molecule has 2 aromatic carbocycles. The number of nitrogens with one attached hydrogen (secondary N) is 1. The minimum atomic E-state index is -0.919. The van der Waals surface area contributed by atoms with Crippen molar-refractivity contribution in [2.75, 3.05) is 31.5 Å². The van der Waals surface area contributed by atoms with Crippen LogP contribution in [0.15, 0.2) is 48.5 Å². The molecular weight excluding hydrogens is 472 g/mol. The van der Waals surface area contributed by atoms with Crippen LogP contribution in [0.2, 0.25) is 5.02 Å². The van der Waals surface area contributed by atoms with Crippen molar-refractivity contribution in [3.8, 4) is 0 Å². The molecule has 4 rings (SSSR count). The molecule has 0 aromatic heterocycles. The summed E-state index contributed by atoms with van der Waals surface area (Å²) in [5.74, 6) is -0.521. The first-order valence-corrected chi connectivity index (χ1v) is 11.7. The highest BCUT2D eigenvalue weighted by Gasteiger charge is 2.48. The Kier molecular flexibility index (Phi) is 7.25. The van der Waals surface area contributed by atoms with E-state index in [1.54, 1.807) is 52.3 Å². The van der Waals surface area contributed by atoms with Crippen LogP contribution < -0.4 is 5.32 Å². The highest BCUT2D eigenvalue weighted by Crippen LogP contribution is 2.36. The lowest BCUT2D eigenvalue weighted by Gasteiger charge is -2.37. The first-order chi connectivity index (χ1) is 16.7. The van der Waals surface area contributed by atoms with Gasteiger partial charge in [-0.2, -0.15) is 0 Å². The van der Waals surface area contributed by atoms with Crippen LogP contribution in [0, 0.1) is 0 Å². The third-order valence-corrected chi connectivity index (χ3v) is 6.39. The summed E-state index contributed by atoms with van der Waals surface area (Å²) < 4.78 is 5.74. The summed E-state index contributed by atoms with van der Waals surface area (Å²) >= 11 is 6.13. The van der Waals surface area contributed by atoms with Crippen molar-refractivity contribution in [2.24, 2.45) is 0 Å². The molecule has 2 unspecified atom stereocenters. The van der Waals surface area contributed by atoms with Gasteiger partial charge in [-0.1, -0.05) is 35.9 Å². The fraction of sp³-hybridized carbons (Fsp3) is 0.360. The molecule has 35 heavy (non-hydrogen) atoms. The van der Waals surface area contributed by atoms with Crippen LogP contribution in [0.1, 0.15) is 31.1 Å². The summed E-state index contributed by atoms with van der Waals surface area (Å²) in [7, 11) is 0. The van der Waals surface area contributed by atoms with E-state index in [1.165, 1.54) is 18.7 Å². The first kappa shape index (κ1) is 24.5. The lowest BCUT2D eigenvalue weighted by Crippen LogP contribution is -2.55. The van der Waals surface area contributed by atoms with Gasteiger partial charge in [0.2, 0.25) is 17.7 Å². The molecule has 2 saturated heterocycles. The molecule has 9 nitrogen and oxygen atoms in total. The first-order valence-electron chi connectivity index (χ1n) is 11.4. The largest absolute Gasteiger partial charge is 0.438 e. The number of halogens is 1. The number of hydrogen-bond acceptors (Lipinski definition) is 5. The van der Waals surface area contributed by atoms with E-state index < -0.39 is 18.2 Å². The van der Waals surface area contributed by atoms with Crippen LogP contribution in [-0.4, -0.2) is 70.7 Å². The molecular formula is C25H27ClN4O5. The number of piperazine rings is 1. The Morgan fingerprint density at radius 3 is 2.34 bits per heavy atom. The Balaban J connectivity index is 1.65. The van der Waals surface area contributed by atoms with E-state index in [9.17, 15) is 19.2 Å². The molecule has 2 aliphatic heterocycles. The van der Waals surface area contributed by atoms with Gasteiger partial charge in [0, 0.05) is 50.7 Å². The SMILES string of the molecule is CC(=O)Nc1cccc(C2OC(=O)N(Cc3cccc(Cl)c3)C2C(=O)N2CCN(C(C)=O)CC2)c1. The minimum absolute atomic E-state index is 0.0354. The lowest BCUT2D eigenvalue weighted by molar-refractivity contribution is -0.142. The topological polar surface area (TPSA) is 99.3 Å². The maximum atomic E-state index is 13.8. The number of carbonyl (C=O) groups is 4. The predicted molar refractivity (Wildman–Crippen MR) is 130 cm³/mol. The van der Waals surface area contributed by atoms with Crippen molar-refractivity contribution < 1.29 is 23.9 Å². The number of nitrogens with zero attached hydrogens (tertiary/aromatic N) is 3. The Hall–Kier alpha value is -3.59. The van der Waals surface area contributed by atoms with Gasteiger partial charge in [-0.25, -0.2) is 4.79 Å². The average molecular weight is 499 g/mol. The number of benzene rings is 2. The van der Waals surface area contributed by atoms with Gasteiger partial charge in [0.15, 0.2) is 12.1 Å². The fourth-order valence-electron chi connectivity index (χ4n) is 4.45. The van der Waals surface area contributed by atoms with Crippen molar-refractivity contribution in [3.63, 3.8) is 0 Å². The highest BCUT2D eigenvalue weighted by molar-refractivity contribution is 6.30. The lowest BCUT2D eigenvalue weighted by atomic mass is 9.99. The summed E-state index contributed by atoms with van der Waals surface area (Å²) in [4.78, 5) is 54.8. The molecule has 0 saturated carbocycles. The second-order valence-electron chi connectivity index (χ2n) is 8.65. The van der Waals surface area contributed by atoms with Crippen molar-refractivity contribution in [3.05, 3.63) is 64.7 Å². The minimum Gasteiger partial charge on any atom is -0.438 e. The number of anilines is 1. The summed E-state index contributed by atoms with van der Waals surface area (Å²) in [6.07, 6.45) is -1.48. The van der Waals surface area contributed by atoms with Gasteiger partial charge in [0.25, 0.3) is 0 Å². The van der Waals surface area contributed by atoms with E-state index in [4.69, 9.17) is 16.3 Å². The van der Waals surface area contributed by atoms with Gasteiger partial charge >= 0.3 is 6.09 Å². The number of ether oxygens (including phenoxy) is 1. The Bertz CT molecular complexity index is 1150. The molecule has 1 N–H and O–H groups in total. The van der Waals surface area contributed by atoms with Gasteiger partial charge < -0.3 is 19.9 Å². The molecule has 2 aliphatic rings. The molecule has 2 fully saturated rings. The normalized spacial score (nSPS) is 20.0. The van der Waals surface area contributed by atoms with E-state index >= 15 is 0 Å². The quantitative estimate of drug-likeness (QED) is 0.683. The molecule has 2 atom stereocenters. The Morgan fingerprint density at radius 1 is 1.00 bits per heavy atom. The van der Waals surface area contributed by atoms with Gasteiger partial charge in [0.05, 0.1) is 6.54 Å². The van der Waals surface area contributed by atoms with E-state index in [2.05, 4.69) is 5.32 Å². The van der Waals surface area contributed by atoms with Crippen molar-refractivity contribution in [2.45, 2.75) is 32.5 Å². The number of rotatable bonds is 5. The molecule has 0 aliphatic carbocycles. The average Bonchev–Trinajstić information content (AvgIpc) is 3.14. The number of hydrogen-bond donors (Lipinski definition) is 1. The van der Waals surface area contributed by atoms with Gasteiger partial charge in [-0.3, -0.25) is 19.3 Å². The van der Waals surface area contributed by atoms with Crippen LogP contribution in [0.3, 0.4) is 0 Å². The zero-order valence-corrected chi connectivity index (χ0v) is 20.3. The number of amides is 4. The van der Waals surface area contributed by atoms with E-state index in [1.807, 2.05) is 6.07 Å². The van der Waals surface area contributed by atoms with Crippen molar-refractivity contribution >= 4 is 41.1 Å². The predicted octanol–water partition coefficient (Wildman–Crippen LogP) is 3.05. The summed E-state index contributed by atoms with van der Waals surface area (Å²) in [6.45, 7) is 4.65. The summed E-state index contributed by atoms with van der Waals surface area (Å²) in [5.41, 5.74) is 1.90. The molecule has 2 aromatic rings. The van der Waals surface area contributed by atoms with Crippen LogP contribution in [0.5, 0.6) is 0 Å². The highest BCUT2D eigenvalue weighted by atomic mass is 35.5. The van der Waals surface area contributed by atoms with Crippen LogP contribution in [0.4, 0.5) is 10.5 Å². The van der Waals surface area contributed by atoms with E-state index in [0.29, 0.717) is 42.5 Å². The van der Waals surface area contributed by atoms with Crippen molar-refractivity contribution in [1.82, 2.24) is 14.7 Å². The van der Waals surface area contributed by atoms with E-state index in [-0.39, 0.29) is 24.3 Å². The molecule has 10 heteroatoms. The maximum absolute atomic E-state index is 13.8. The standard InChI is InChI=1S/C25H27ClN4O5/c1-16(31)27-21-8-4-6-19(14-21)23-22(24(33)29-11-9-28(10-12-29)17(2)32)30(25(34)35-23)15-18-5-3-7-20(26)13-18/h3-8,13-14,22-23H,9-12,15H2,1-2H3,(H,27,31). The molecule has 0 radical (unpaired) electrons. The van der Waals surface area contributed by atoms with E-state index in [0.717, 1.165) is 5.56 Å². The second-order valence-corrected chi connectivity index (χ2v) is 9.08. The number of carbonyl (C=O) groups excluding carboxylic acids is 4. The monoisotopic (exact) mass is 498 g/mol. The summed E-state index contributed by atoms with van der Waals surface area (Å²) in [6, 6.07) is 13.1.